The average Bonchev–Trinajstić information content (AvgIpc) is 3.08. The van der Waals surface area contributed by atoms with Crippen molar-refractivity contribution in [2.24, 2.45) is 23.7 Å². The number of ether oxygens (including phenoxy) is 2. The van der Waals surface area contributed by atoms with Gasteiger partial charge in [0, 0.05) is 5.92 Å². The third kappa shape index (κ3) is 2.54. The van der Waals surface area contributed by atoms with Crippen molar-refractivity contribution >= 4 is 18.0 Å². The van der Waals surface area contributed by atoms with Gasteiger partial charge in [0.05, 0.1) is 12.5 Å². The Hall–Kier alpha value is -1.85. The van der Waals surface area contributed by atoms with Crippen LogP contribution in [0, 0.1) is 23.7 Å². The number of carbonyl (C=O) groups excluding carboxylic acids is 3. The SMILES string of the molecule is CCOC(=O)[C@@H]1[C@@H]2[C@H](C(=O)N1C(=O)OC(C)(C)C)[C@@H]1C=C[C@H]2C1. The molecule has 2 bridgehead atoms. The molecule has 5 atom stereocenters. The summed E-state index contributed by atoms with van der Waals surface area (Å²) in [5, 5.41) is 0. The van der Waals surface area contributed by atoms with Crippen molar-refractivity contribution in [2.75, 3.05) is 6.61 Å². The lowest BCUT2D eigenvalue weighted by Crippen LogP contribution is -2.48. The predicted octanol–water partition coefficient (Wildman–Crippen LogP) is 2.13. The highest BCUT2D eigenvalue weighted by Crippen LogP contribution is 2.54. The van der Waals surface area contributed by atoms with E-state index in [1.165, 1.54) is 0 Å². The van der Waals surface area contributed by atoms with Crippen LogP contribution in [-0.4, -0.2) is 41.1 Å². The summed E-state index contributed by atoms with van der Waals surface area (Å²) in [6, 6.07) is -0.873. The number of hydrogen-bond acceptors (Lipinski definition) is 5. The molecule has 0 N–H and O–H groups in total. The van der Waals surface area contributed by atoms with Gasteiger partial charge in [-0.3, -0.25) is 4.79 Å². The highest BCUT2D eigenvalue weighted by Gasteiger charge is 2.63. The Bertz CT molecular complexity index is 576. The predicted molar refractivity (Wildman–Crippen MR) is 81.2 cm³/mol. The number of rotatable bonds is 2. The van der Waals surface area contributed by atoms with E-state index in [-0.39, 0.29) is 36.2 Å². The molecule has 3 aliphatic rings. The molecule has 0 spiro atoms. The summed E-state index contributed by atoms with van der Waals surface area (Å²) in [6.07, 6.45) is 4.21. The van der Waals surface area contributed by atoms with Gasteiger partial charge in [0.15, 0.2) is 0 Å². The Morgan fingerprint density at radius 3 is 2.52 bits per heavy atom. The van der Waals surface area contributed by atoms with Crippen LogP contribution < -0.4 is 0 Å². The van der Waals surface area contributed by atoms with E-state index in [1.54, 1.807) is 27.7 Å². The summed E-state index contributed by atoms with van der Waals surface area (Å²) in [6.45, 7) is 7.13. The van der Waals surface area contributed by atoms with Crippen LogP contribution in [0.4, 0.5) is 4.79 Å². The number of nitrogens with zero attached hydrogens (tertiary/aromatic N) is 1. The molecule has 0 unspecified atom stereocenters. The summed E-state index contributed by atoms with van der Waals surface area (Å²) in [7, 11) is 0. The number of carbonyl (C=O) groups is 3. The number of hydrogen-bond donors (Lipinski definition) is 0. The maximum atomic E-state index is 12.8. The Morgan fingerprint density at radius 2 is 1.91 bits per heavy atom. The molecular formula is C17H23NO5. The third-order valence-corrected chi connectivity index (χ3v) is 4.80. The lowest BCUT2D eigenvalue weighted by atomic mass is 9.82. The quantitative estimate of drug-likeness (QED) is 0.575. The molecule has 1 aliphatic heterocycles. The smallest absolute Gasteiger partial charge is 0.417 e. The van der Waals surface area contributed by atoms with E-state index in [1.807, 2.05) is 6.08 Å². The number of likely N-dealkylation sites (tertiary alicyclic amines) is 1. The third-order valence-electron chi connectivity index (χ3n) is 4.80. The van der Waals surface area contributed by atoms with E-state index >= 15 is 0 Å². The number of esters is 1. The number of imide groups is 1. The van der Waals surface area contributed by atoms with E-state index in [4.69, 9.17) is 9.47 Å². The lowest BCUT2D eigenvalue weighted by molar-refractivity contribution is -0.152. The standard InChI is InChI=1S/C17H23NO5/c1-5-22-15(20)13-11-9-6-7-10(8-9)12(11)14(19)18(13)16(21)23-17(2,3)4/h6-7,9-13H,5,8H2,1-4H3/t9-,10+,11-,12+,13-/m0/s1. The minimum absolute atomic E-state index is 0.113. The normalized spacial score (nSPS) is 34.7. The van der Waals surface area contributed by atoms with Crippen molar-refractivity contribution in [3.05, 3.63) is 12.2 Å². The first-order valence-electron chi connectivity index (χ1n) is 8.15. The lowest BCUT2D eigenvalue weighted by Gasteiger charge is -2.29. The van der Waals surface area contributed by atoms with Gasteiger partial charge in [-0.25, -0.2) is 14.5 Å². The fourth-order valence-electron chi connectivity index (χ4n) is 4.11. The van der Waals surface area contributed by atoms with Gasteiger partial charge in [0.25, 0.3) is 0 Å². The summed E-state index contributed by atoms with van der Waals surface area (Å²) in [4.78, 5) is 38.8. The zero-order valence-electron chi connectivity index (χ0n) is 13.9. The number of fused-ring (bicyclic) bond motifs is 5. The fraction of sp³-hybridized carbons (Fsp3) is 0.706. The summed E-state index contributed by atoms with van der Waals surface area (Å²) in [5.41, 5.74) is -0.731. The van der Waals surface area contributed by atoms with Crippen LogP contribution in [0.15, 0.2) is 12.2 Å². The monoisotopic (exact) mass is 321 g/mol. The molecule has 6 nitrogen and oxygen atoms in total. The first-order chi connectivity index (χ1) is 10.7. The van der Waals surface area contributed by atoms with Gasteiger partial charge >= 0.3 is 12.1 Å². The highest BCUT2D eigenvalue weighted by molar-refractivity contribution is 6.02. The highest BCUT2D eigenvalue weighted by atomic mass is 16.6. The molecular weight excluding hydrogens is 298 g/mol. The average molecular weight is 321 g/mol. The van der Waals surface area contributed by atoms with Crippen molar-refractivity contribution in [1.29, 1.82) is 0 Å². The first-order valence-corrected chi connectivity index (χ1v) is 8.15. The number of allylic oxidation sites excluding steroid dienone is 2. The first kappa shape index (κ1) is 16.0. The van der Waals surface area contributed by atoms with Gasteiger partial charge in [-0.2, -0.15) is 0 Å². The second-order valence-electron chi connectivity index (χ2n) is 7.44. The van der Waals surface area contributed by atoms with Crippen LogP contribution >= 0.6 is 0 Å². The molecule has 0 aromatic heterocycles. The summed E-state index contributed by atoms with van der Waals surface area (Å²) < 4.78 is 10.5. The van der Waals surface area contributed by atoms with Crippen LogP contribution in [0.1, 0.15) is 34.1 Å². The van der Waals surface area contributed by atoms with Crippen molar-refractivity contribution in [3.63, 3.8) is 0 Å². The topological polar surface area (TPSA) is 72.9 Å². The minimum atomic E-state index is -0.873. The zero-order valence-corrected chi connectivity index (χ0v) is 13.9. The number of amides is 2. The fourth-order valence-corrected chi connectivity index (χ4v) is 4.11. The van der Waals surface area contributed by atoms with Gasteiger partial charge in [-0.05, 0) is 46.0 Å². The van der Waals surface area contributed by atoms with Gasteiger partial charge in [0.2, 0.25) is 5.91 Å². The van der Waals surface area contributed by atoms with Crippen molar-refractivity contribution in [2.45, 2.75) is 45.8 Å². The molecule has 1 saturated carbocycles. The Kier molecular flexibility index (Phi) is 3.73. The van der Waals surface area contributed by atoms with E-state index in [0.29, 0.717) is 0 Å². The molecule has 0 aromatic carbocycles. The molecule has 126 valence electrons. The van der Waals surface area contributed by atoms with Crippen molar-refractivity contribution in [3.8, 4) is 0 Å². The van der Waals surface area contributed by atoms with Crippen LogP contribution in [0.25, 0.3) is 0 Å². The van der Waals surface area contributed by atoms with Crippen LogP contribution in [0.2, 0.25) is 0 Å². The van der Waals surface area contributed by atoms with E-state index < -0.39 is 23.7 Å². The molecule has 3 rings (SSSR count). The Balaban J connectivity index is 1.92. The van der Waals surface area contributed by atoms with Crippen LogP contribution in [0.3, 0.4) is 0 Å². The maximum Gasteiger partial charge on any atom is 0.417 e. The molecule has 6 heteroatoms. The molecule has 1 saturated heterocycles. The largest absolute Gasteiger partial charge is 0.464 e. The summed E-state index contributed by atoms with van der Waals surface area (Å²) in [5.74, 6) is -1.06. The molecule has 2 fully saturated rings. The van der Waals surface area contributed by atoms with Gasteiger partial charge in [-0.15, -0.1) is 0 Å². The Morgan fingerprint density at radius 1 is 1.26 bits per heavy atom. The zero-order chi connectivity index (χ0) is 16.9. The van der Waals surface area contributed by atoms with Gasteiger partial charge in [-0.1, -0.05) is 12.2 Å². The van der Waals surface area contributed by atoms with E-state index in [2.05, 4.69) is 6.08 Å². The molecule has 1 heterocycles. The molecule has 0 radical (unpaired) electrons. The van der Waals surface area contributed by atoms with Crippen molar-refractivity contribution in [1.82, 2.24) is 4.90 Å². The summed E-state index contributed by atoms with van der Waals surface area (Å²) >= 11 is 0. The van der Waals surface area contributed by atoms with Crippen LogP contribution in [-0.2, 0) is 19.1 Å². The van der Waals surface area contributed by atoms with E-state index in [9.17, 15) is 14.4 Å². The van der Waals surface area contributed by atoms with Gasteiger partial charge < -0.3 is 9.47 Å². The van der Waals surface area contributed by atoms with E-state index in [0.717, 1.165) is 11.3 Å². The second kappa shape index (κ2) is 5.35. The molecule has 23 heavy (non-hydrogen) atoms. The minimum Gasteiger partial charge on any atom is -0.464 e. The second-order valence-corrected chi connectivity index (χ2v) is 7.44. The Labute approximate surface area is 135 Å². The van der Waals surface area contributed by atoms with Gasteiger partial charge in [0.1, 0.15) is 11.6 Å². The molecule has 2 amide bonds. The molecule has 2 aliphatic carbocycles. The molecule has 0 aromatic rings. The van der Waals surface area contributed by atoms with Crippen LogP contribution in [0.5, 0.6) is 0 Å². The maximum absolute atomic E-state index is 12.8. The van der Waals surface area contributed by atoms with Crippen molar-refractivity contribution < 1.29 is 23.9 Å².